The zero-order valence-corrected chi connectivity index (χ0v) is 18.2. The Morgan fingerprint density at radius 2 is 1.94 bits per heavy atom. The largest absolute Gasteiger partial charge is 0.342 e. The smallest absolute Gasteiger partial charge is 0.229 e. The summed E-state index contributed by atoms with van der Waals surface area (Å²) in [5, 5.41) is 6.88. The molecule has 1 aromatic carbocycles. The van der Waals surface area contributed by atoms with E-state index in [0.29, 0.717) is 22.3 Å². The number of fused-ring (bicyclic) bond motifs is 2. The summed E-state index contributed by atoms with van der Waals surface area (Å²) in [4.78, 5) is 13.0. The summed E-state index contributed by atoms with van der Waals surface area (Å²) in [6.07, 6.45) is 1.94. The van der Waals surface area contributed by atoms with E-state index >= 15 is 0 Å². The lowest BCUT2D eigenvalue weighted by Crippen LogP contribution is -2.24. The quantitative estimate of drug-likeness (QED) is 0.471. The highest BCUT2D eigenvalue weighted by Gasteiger charge is 2.18. The third-order valence-corrected chi connectivity index (χ3v) is 5.80. The average Bonchev–Trinajstić information content (AvgIpc) is 3.11. The standard InChI is InChI=1S/C24H24F2N6/c1-13(2)32-14(3)8-17-18(25)9-16(10-21(17)32)23-19(26)12-28-24(31-23)30-22-5-4-15-11-27-7-6-20(15)29-22/h4-5,8-10,12-13,27H,6-7,11H2,1-3H3,(H,28,29,30,31). The molecule has 6 nitrogen and oxygen atoms in total. The molecular formula is C24H24F2N6. The molecule has 0 aliphatic carbocycles. The van der Waals surface area contributed by atoms with Crippen molar-refractivity contribution in [2.24, 2.45) is 0 Å². The SMILES string of the molecule is Cc1cc2c(F)cc(-c3nc(Nc4ccc5c(n4)CCNC5)ncc3F)cc2n1C(C)C. The summed E-state index contributed by atoms with van der Waals surface area (Å²) < 4.78 is 31.7. The van der Waals surface area contributed by atoms with Crippen molar-refractivity contribution in [1.82, 2.24) is 24.8 Å². The van der Waals surface area contributed by atoms with Gasteiger partial charge in [-0.05, 0) is 50.6 Å². The van der Waals surface area contributed by atoms with Crippen molar-refractivity contribution in [2.45, 2.75) is 39.8 Å². The summed E-state index contributed by atoms with van der Waals surface area (Å²) in [7, 11) is 0. The van der Waals surface area contributed by atoms with Crippen LogP contribution in [0.5, 0.6) is 0 Å². The van der Waals surface area contributed by atoms with Gasteiger partial charge >= 0.3 is 0 Å². The summed E-state index contributed by atoms with van der Waals surface area (Å²) in [6.45, 7) is 7.68. The van der Waals surface area contributed by atoms with E-state index in [1.807, 2.05) is 43.5 Å². The van der Waals surface area contributed by atoms with E-state index in [0.717, 1.165) is 42.7 Å². The Morgan fingerprint density at radius 3 is 2.75 bits per heavy atom. The number of nitrogens with zero attached hydrogens (tertiary/aromatic N) is 4. The number of nitrogens with one attached hydrogen (secondary N) is 2. The summed E-state index contributed by atoms with van der Waals surface area (Å²) in [5.41, 5.74) is 4.25. The van der Waals surface area contributed by atoms with Crippen molar-refractivity contribution in [3.05, 3.63) is 65.1 Å². The minimum atomic E-state index is -0.613. The lowest BCUT2D eigenvalue weighted by Gasteiger charge is -2.17. The summed E-state index contributed by atoms with van der Waals surface area (Å²) in [5.74, 6) is -0.219. The van der Waals surface area contributed by atoms with Crippen LogP contribution >= 0.6 is 0 Å². The fraction of sp³-hybridized carbons (Fsp3) is 0.292. The predicted molar refractivity (Wildman–Crippen MR) is 121 cm³/mol. The van der Waals surface area contributed by atoms with E-state index < -0.39 is 11.6 Å². The van der Waals surface area contributed by atoms with Gasteiger partial charge < -0.3 is 15.2 Å². The maximum absolute atomic E-state index is 14.9. The molecule has 0 amide bonds. The Bertz CT molecular complexity index is 1330. The predicted octanol–water partition coefficient (Wildman–Crippen LogP) is 5.05. The number of anilines is 2. The molecule has 0 fully saturated rings. The van der Waals surface area contributed by atoms with Crippen LogP contribution in [0.2, 0.25) is 0 Å². The third kappa shape index (κ3) is 3.60. The molecule has 164 valence electrons. The normalized spacial score (nSPS) is 13.6. The molecular weight excluding hydrogens is 410 g/mol. The average molecular weight is 434 g/mol. The highest BCUT2D eigenvalue weighted by atomic mass is 19.1. The van der Waals surface area contributed by atoms with Crippen LogP contribution in [-0.2, 0) is 13.0 Å². The van der Waals surface area contributed by atoms with E-state index in [9.17, 15) is 8.78 Å². The molecule has 4 aromatic rings. The van der Waals surface area contributed by atoms with E-state index in [-0.39, 0.29) is 17.7 Å². The number of rotatable bonds is 4. The first-order valence-electron chi connectivity index (χ1n) is 10.7. The first-order chi connectivity index (χ1) is 15.4. The monoisotopic (exact) mass is 434 g/mol. The molecule has 0 spiro atoms. The van der Waals surface area contributed by atoms with Gasteiger partial charge in [0.25, 0.3) is 0 Å². The second-order valence-electron chi connectivity index (χ2n) is 8.38. The maximum Gasteiger partial charge on any atom is 0.229 e. The highest BCUT2D eigenvalue weighted by Crippen LogP contribution is 2.32. The molecule has 0 saturated heterocycles. The summed E-state index contributed by atoms with van der Waals surface area (Å²) in [6, 6.07) is 8.92. The molecule has 8 heteroatoms. The minimum Gasteiger partial charge on any atom is -0.342 e. The summed E-state index contributed by atoms with van der Waals surface area (Å²) >= 11 is 0. The number of benzene rings is 1. The van der Waals surface area contributed by atoms with Crippen molar-refractivity contribution in [3.8, 4) is 11.3 Å². The number of aromatic nitrogens is 4. The first-order valence-corrected chi connectivity index (χ1v) is 10.7. The fourth-order valence-corrected chi connectivity index (χ4v) is 4.39. The van der Waals surface area contributed by atoms with E-state index in [1.165, 1.54) is 6.07 Å². The van der Waals surface area contributed by atoms with Gasteiger partial charge in [-0.2, -0.15) is 0 Å². The molecule has 5 rings (SSSR count). The third-order valence-electron chi connectivity index (χ3n) is 5.80. The molecule has 0 saturated carbocycles. The van der Waals surface area contributed by atoms with E-state index in [4.69, 9.17) is 0 Å². The highest BCUT2D eigenvalue weighted by molar-refractivity contribution is 5.87. The van der Waals surface area contributed by atoms with Gasteiger partial charge in [0.15, 0.2) is 5.82 Å². The van der Waals surface area contributed by atoms with E-state index in [2.05, 4.69) is 25.6 Å². The van der Waals surface area contributed by atoms with Gasteiger partial charge in [-0.3, -0.25) is 0 Å². The lowest BCUT2D eigenvalue weighted by molar-refractivity contribution is 0.606. The van der Waals surface area contributed by atoms with Crippen LogP contribution in [-0.4, -0.2) is 26.1 Å². The Hall–Kier alpha value is -3.39. The van der Waals surface area contributed by atoms with Crippen molar-refractivity contribution in [1.29, 1.82) is 0 Å². The zero-order valence-electron chi connectivity index (χ0n) is 18.2. The van der Waals surface area contributed by atoms with Gasteiger partial charge in [-0.1, -0.05) is 6.07 Å². The molecule has 0 atom stereocenters. The van der Waals surface area contributed by atoms with Crippen LogP contribution in [0.1, 0.15) is 36.8 Å². The van der Waals surface area contributed by atoms with Crippen LogP contribution in [0.4, 0.5) is 20.5 Å². The van der Waals surface area contributed by atoms with Crippen molar-refractivity contribution < 1.29 is 8.78 Å². The molecule has 0 unspecified atom stereocenters. The first kappa shape index (κ1) is 20.5. The second kappa shape index (κ2) is 7.94. The zero-order chi connectivity index (χ0) is 22.4. The van der Waals surface area contributed by atoms with Gasteiger partial charge in [0.2, 0.25) is 5.95 Å². The van der Waals surface area contributed by atoms with Gasteiger partial charge in [0.05, 0.1) is 11.7 Å². The fourth-order valence-electron chi connectivity index (χ4n) is 4.39. The number of pyridine rings is 1. The molecule has 0 bridgehead atoms. The van der Waals surface area contributed by atoms with Crippen molar-refractivity contribution in [2.75, 3.05) is 11.9 Å². The number of hydrogen-bond acceptors (Lipinski definition) is 5. The lowest BCUT2D eigenvalue weighted by atomic mass is 10.1. The van der Waals surface area contributed by atoms with Gasteiger partial charge in [0, 0.05) is 47.9 Å². The topological polar surface area (TPSA) is 67.7 Å². The van der Waals surface area contributed by atoms with Crippen LogP contribution in [0.25, 0.3) is 22.2 Å². The number of hydrogen-bond donors (Lipinski definition) is 2. The Kier molecular flexibility index (Phi) is 5.09. The van der Waals surface area contributed by atoms with Gasteiger partial charge in [0.1, 0.15) is 17.3 Å². The number of halogens is 2. The Balaban J connectivity index is 1.54. The maximum atomic E-state index is 14.9. The second-order valence-corrected chi connectivity index (χ2v) is 8.38. The van der Waals surface area contributed by atoms with E-state index in [1.54, 1.807) is 6.07 Å². The Labute approximate surface area is 184 Å². The van der Waals surface area contributed by atoms with Crippen LogP contribution in [0.15, 0.2) is 36.5 Å². The molecule has 1 aliphatic rings. The van der Waals surface area contributed by atoms with Crippen LogP contribution in [0.3, 0.4) is 0 Å². The molecule has 0 radical (unpaired) electrons. The molecule has 3 aromatic heterocycles. The van der Waals surface area contributed by atoms with Crippen LogP contribution < -0.4 is 10.6 Å². The van der Waals surface area contributed by atoms with Crippen LogP contribution in [0, 0.1) is 18.6 Å². The molecule has 4 heterocycles. The molecule has 32 heavy (non-hydrogen) atoms. The van der Waals surface area contributed by atoms with Crippen molar-refractivity contribution in [3.63, 3.8) is 0 Å². The molecule has 2 N–H and O–H groups in total. The van der Waals surface area contributed by atoms with Gasteiger partial charge in [-0.25, -0.2) is 23.7 Å². The molecule has 1 aliphatic heterocycles. The minimum absolute atomic E-state index is 0.0413. The Morgan fingerprint density at radius 1 is 1.09 bits per heavy atom. The van der Waals surface area contributed by atoms with Crippen molar-refractivity contribution >= 4 is 22.7 Å². The van der Waals surface area contributed by atoms with Gasteiger partial charge in [-0.15, -0.1) is 0 Å². The number of aryl methyl sites for hydroxylation is 1.